The SMILES string of the molecule is [CH3][Al]([CH3])[O]C1(F)C(F)=C(F)C(Cc2ccccc2)(B(c2c(F)c(F)c(F)c(F)c2F)c2c(F)c(F)c(F)c(F)c2F)C(F)=C1F. The van der Waals surface area contributed by atoms with Crippen LogP contribution < -0.4 is 10.9 Å². The molecule has 4 rings (SSSR count). The monoisotopic (exact) mass is 676 g/mol. The molecule has 0 heterocycles. The van der Waals surface area contributed by atoms with E-state index >= 15 is 39.5 Å². The Morgan fingerprint density at radius 3 is 1.20 bits per heavy atom. The first kappa shape index (κ1) is 34.5. The third-order valence-corrected chi connectivity index (χ3v) is 7.81. The van der Waals surface area contributed by atoms with Crippen molar-refractivity contribution in [3.63, 3.8) is 0 Å². The van der Waals surface area contributed by atoms with Gasteiger partial charge in [-0.05, 0) is 12.0 Å². The molecule has 0 N–H and O–H groups in total. The fourth-order valence-corrected chi connectivity index (χ4v) is 5.97. The number of hydrogen-bond donors (Lipinski definition) is 0. The highest BCUT2D eigenvalue weighted by molar-refractivity contribution is 6.89. The standard InChI is InChI=1S/C25H7BF15O.2CH3.Al/c27-10-8(11(28)15(32)18(35)14(10)31)26(9-12(29)16(33)19(36)17(34)13(9)30)24(6-7-4-2-1-3-5-7)20(37)22(39)25(41,42)23(40)21(24)38;;;/h1-5H,6H2;2*1H3;/q-1;;;+1. The lowest BCUT2D eigenvalue weighted by Crippen LogP contribution is -2.60. The summed E-state index contributed by atoms with van der Waals surface area (Å²) in [5.41, 5.74) is -5.92. The molecule has 3 aromatic carbocycles. The molecule has 238 valence electrons. The molecule has 0 aliphatic heterocycles. The Bertz CT molecular complexity index is 1610. The van der Waals surface area contributed by atoms with Crippen LogP contribution in [0.4, 0.5) is 65.9 Å². The summed E-state index contributed by atoms with van der Waals surface area (Å²) >= 11 is -3.05. The van der Waals surface area contributed by atoms with Crippen LogP contribution in [0.3, 0.4) is 0 Å². The fraction of sp³-hybridized carbons (Fsp3) is 0.185. The summed E-state index contributed by atoms with van der Waals surface area (Å²) in [6.07, 6.45) is -1.80. The van der Waals surface area contributed by atoms with E-state index in [1.165, 1.54) is 6.07 Å². The summed E-state index contributed by atoms with van der Waals surface area (Å²) in [7, 11) is 0. The van der Waals surface area contributed by atoms with Gasteiger partial charge in [-0.3, -0.25) is 0 Å². The quantitative estimate of drug-likeness (QED) is 0.107. The summed E-state index contributed by atoms with van der Waals surface area (Å²) in [5, 5.41) is -4.47. The summed E-state index contributed by atoms with van der Waals surface area (Å²) < 4.78 is 231. The van der Waals surface area contributed by atoms with Crippen molar-refractivity contribution in [2.45, 2.75) is 29.2 Å². The Balaban J connectivity index is 2.35. The van der Waals surface area contributed by atoms with Crippen molar-refractivity contribution < 1.29 is 69.6 Å². The maximum absolute atomic E-state index is 16.4. The van der Waals surface area contributed by atoms with Crippen LogP contribution in [0.1, 0.15) is 5.56 Å². The third kappa shape index (κ3) is 5.14. The molecule has 0 saturated heterocycles. The minimum absolute atomic E-state index is 0.563. The van der Waals surface area contributed by atoms with E-state index in [0.717, 1.165) is 35.8 Å². The molecule has 18 heteroatoms. The van der Waals surface area contributed by atoms with Crippen LogP contribution in [0.5, 0.6) is 0 Å². The predicted octanol–water partition coefficient (Wildman–Crippen LogP) is 7.92. The predicted molar refractivity (Wildman–Crippen MR) is 131 cm³/mol. The van der Waals surface area contributed by atoms with Crippen LogP contribution in [0.2, 0.25) is 16.9 Å². The first-order valence-corrected chi connectivity index (χ1v) is 15.2. The molecule has 0 saturated carbocycles. The van der Waals surface area contributed by atoms with Crippen molar-refractivity contribution in [3.05, 3.63) is 117 Å². The number of allylic oxidation sites excluding steroid dienone is 2. The molecule has 0 fully saturated rings. The molecule has 1 nitrogen and oxygen atoms in total. The summed E-state index contributed by atoms with van der Waals surface area (Å²) in [5.74, 6) is -45.1. The van der Waals surface area contributed by atoms with Gasteiger partial charge in [0.15, 0.2) is 58.2 Å². The van der Waals surface area contributed by atoms with E-state index in [9.17, 15) is 26.3 Å². The van der Waals surface area contributed by atoms with E-state index in [1.807, 2.05) is 0 Å². The van der Waals surface area contributed by atoms with Crippen molar-refractivity contribution in [1.29, 1.82) is 0 Å². The zero-order valence-corrected chi connectivity index (χ0v) is 23.5. The Kier molecular flexibility index (Phi) is 9.29. The highest BCUT2D eigenvalue weighted by Crippen LogP contribution is 2.60. The highest BCUT2D eigenvalue weighted by Gasteiger charge is 2.65. The highest BCUT2D eigenvalue weighted by atomic mass is 27.2. The van der Waals surface area contributed by atoms with Crippen LogP contribution in [0.15, 0.2) is 53.6 Å². The molecule has 0 aromatic heterocycles. The van der Waals surface area contributed by atoms with E-state index in [0.29, 0.717) is 0 Å². The van der Waals surface area contributed by atoms with Crippen molar-refractivity contribution >= 4 is 32.1 Å². The summed E-state index contributed by atoms with van der Waals surface area (Å²) in [6.45, 7) is -4.05. The zero-order valence-electron chi connectivity index (χ0n) is 22.3. The fourth-order valence-electron chi connectivity index (χ4n) is 5.11. The number of benzene rings is 3. The van der Waals surface area contributed by atoms with Gasteiger partial charge in [0, 0.05) is 10.9 Å². The van der Waals surface area contributed by atoms with Gasteiger partial charge in [0.05, 0.1) is 5.31 Å². The minimum atomic E-state index is -4.76. The van der Waals surface area contributed by atoms with Gasteiger partial charge < -0.3 is 3.79 Å². The van der Waals surface area contributed by atoms with Crippen molar-refractivity contribution in [2.24, 2.45) is 0 Å². The van der Waals surface area contributed by atoms with Gasteiger partial charge in [-0.1, -0.05) is 41.9 Å². The molecule has 0 spiro atoms. The molecule has 0 amide bonds. The van der Waals surface area contributed by atoms with Crippen molar-refractivity contribution in [3.8, 4) is 0 Å². The molecule has 3 aromatic rings. The molecule has 0 atom stereocenters. The summed E-state index contributed by atoms with van der Waals surface area (Å²) in [4.78, 5) is 0. The number of hydrogen-bond acceptors (Lipinski definition) is 1. The lowest BCUT2D eigenvalue weighted by atomic mass is 9.24. The van der Waals surface area contributed by atoms with E-state index in [-0.39, 0.29) is 0 Å². The molecule has 1 aliphatic carbocycles. The average molecular weight is 676 g/mol. The Morgan fingerprint density at radius 2 is 0.867 bits per heavy atom. The first-order valence-electron chi connectivity index (χ1n) is 12.4. The number of alkyl halides is 1. The molecule has 45 heavy (non-hydrogen) atoms. The van der Waals surface area contributed by atoms with Gasteiger partial charge in [-0.25, -0.2) is 61.5 Å². The van der Waals surface area contributed by atoms with Crippen LogP contribution in [-0.4, -0.2) is 27.0 Å². The molecule has 0 radical (unpaired) electrons. The Hall–Kier alpha value is -3.35. The van der Waals surface area contributed by atoms with E-state index in [2.05, 4.69) is 3.79 Å². The van der Waals surface area contributed by atoms with Crippen molar-refractivity contribution in [2.75, 3.05) is 0 Å². The van der Waals surface area contributed by atoms with Gasteiger partial charge >= 0.3 is 14.5 Å². The van der Waals surface area contributed by atoms with E-state index in [1.54, 1.807) is 0 Å². The largest absolute Gasteiger partial charge is 0.462 e. The van der Waals surface area contributed by atoms with Crippen LogP contribution >= 0.6 is 0 Å². The normalized spacial score (nSPS) is 20.3. The zero-order chi connectivity index (χ0) is 33.9. The summed E-state index contributed by atoms with van der Waals surface area (Å²) in [6, 6.07) is 5.12. The second-order valence-corrected chi connectivity index (χ2v) is 12.4. The maximum Gasteiger partial charge on any atom is 0.457 e. The number of rotatable bonds is 7. The topological polar surface area (TPSA) is 9.23 Å². The van der Waals surface area contributed by atoms with E-state index in [4.69, 9.17) is 0 Å². The second-order valence-electron chi connectivity index (χ2n) is 10.1. The molecule has 0 bridgehead atoms. The second kappa shape index (κ2) is 12.1. The lowest BCUT2D eigenvalue weighted by molar-refractivity contribution is -0.0427. The molecular weight excluding hydrogens is 663 g/mol. The van der Waals surface area contributed by atoms with Crippen LogP contribution in [0, 0.1) is 58.2 Å². The minimum Gasteiger partial charge on any atom is -0.462 e. The Labute approximate surface area is 248 Å². The first-order chi connectivity index (χ1) is 20.9. The Morgan fingerprint density at radius 1 is 0.533 bits per heavy atom. The number of halogens is 15. The van der Waals surface area contributed by atoms with Crippen LogP contribution in [-0.2, 0) is 10.2 Å². The third-order valence-electron chi connectivity index (χ3n) is 7.01. The van der Waals surface area contributed by atoms with Gasteiger partial charge in [0.2, 0.25) is 18.4 Å². The van der Waals surface area contributed by atoms with Crippen molar-refractivity contribution in [1.82, 2.24) is 0 Å². The van der Waals surface area contributed by atoms with Gasteiger partial charge in [-0.2, -0.15) is 4.39 Å². The van der Waals surface area contributed by atoms with Crippen LogP contribution in [0.25, 0.3) is 0 Å². The molecule has 1 aliphatic rings. The average Bonchev–Trinajstić information content (AvgIpc) is 3.01. The molecular formula is C27H13AlBF15O. The smallest absolute Gasteiger partial charge is 0.457 e. The van der Waals surface area contributed by atoms with Gasteiger partial charge in [0.1, 0.15) is 11.7 Å². The van der Waals surface area contributed by atoms with E-state index < -0.39 is 137 Å². The molecule has 0 unspecified atom stereocenters. The lowest BCUT2D eigenvalue weighted by Gasteiger charge is -2.43. The maximum atomic E-state index is 16.4. The van der Waals surface area contributed by atoms with Gasteiger partial charge in [0.25, 0.3) is 5.85 Å². The van der Waals surface area contributed by atoms with Gasteiger partial charge in [-0.15, -0.1) is 0 Å².